The maximum absolute atomic E-state index is 13.1. The number of nitrogens with zero attached hydrogens (tertiary/aromatic N) is 1. The number of ether oxygens (including phenoxy) is 2. The van der Waals surface area contributed by atoms with E-state index < -0.39 is 28.0 Å². The third-order valence-electron chi connectivity index (χ3n) is 4.60. The summed E-state index contributed by atoms with van der Waals surface area (Å²) in [7, 11) is -3.77. The molecule has 0 radical (unpaired) electrons. The Morgan fingerprint density at radius 2 is 1.69 bits per heavy atom. The molecule has 0 saturated heterocycles. The van der Waals surface area contributed by atoms with Gasteiger partial charge in [-0.25, -0.2) is 12.8 Å². The Balaban J connectivity index is 1.83. The van der Waals surface area contributed by atoms with E-state index in [2.05, 4.69) is 5.32 Å². The van der Waals surface area contributed by atoms with Crippen LogP contribution in [0.1, 0.15) is 25.5 Å². The van der Waals surface area contributed by atoms with E-state index in [9.17, 15) is 17.6 Å². The zero-order valence-electron chi connectivity index (χ0n) is 16.4. The second kappa shape index (κ2) is 8.28. The molecule has 2 aromatic carbocycles. The van der Waals surface area contributed by atoms with Crippen LogP contribution in [0.25, 0.3) is 0 Å². The Kier molecular flexibility index (Phi) is 5.97. The van der Waals surface area contributed by atoms with Crippen molar-refractivity contribution in [2.45, 2.75) is 25.9 Å². The number of hydrogen-bond acceptors (Lipinski definition) is 5. The van der Waals surface area contributed by atoms with Gasteiger partial charge in [-0.05, 0) is 43.7 Å². The number of nitrogens with one attached hydrogen (secondary N) is 1. The van der Waals surface area contributed by atoms with Crippen LogP contribution in [0.4, 0.5) is 10.1 Å². The van der Waals surface area contributed by atoms with Crippen molar-refractivity contribution in [1.82, 2.24) is 5.32 Å². The first-order valence-electron chi connectivity index (χ1n) is 9.11. The Labute approximate surface area is 169 Å². The highest BCUT2D eigenvalue weighted by Gasteiger charge is 2.31. The van der Waals surface area contributed by atoms with Gasteiger partial charge in [0.15, 0.2) is 11.5 Å². The Morgan fingerprint density at radius 1 is 1.07 bits per heavy atom. The summed E-state index contributed by atoms with van der Waals surface area (Å²) in [6.07, 6.45) is 1.04. The fraction of sp³-hybridized carbons (Fsp3) is 0.350. The molecule has 1 N–H and O–H groups in total. The maximum Gasteiger partial charge on any atom is 0.244 e. The van der Waals surface area contributed by atoms with E-state index >= 15 is 0 Å². The predicted molar refractivity (Wildman–Crippen MR) is 107 cm³/mol. The largest absolute Gasteiger partial charge is 0.486 e. The van der Waals surface area contributed by atoms with Gasteiger partial charge in [0.25, 0.3) is 0 Å². The molecular formula is C20H23FN2O5S. The second-order valence-corrected chi connectivity index (χ2v) is 8.70. The first-order chi connectivity index (χ1) is 13.7. The molecule has 1 heterocycles. The van der Waals surface area contributed by atoms with Gasteiger partial charge in [-0.15, -0.1) is 0 Å². The molecule has 0 spiro atoms. The van der Waals surface area contributed by atoms with Crippen LogP contribution in [0, 0.1) is 5.82 Å². The van der Waals surface area contributed by atoms with E-state index in [4.69, 9.17) is 9.47 Å². The fourth-order valence-electron chi connectivity index (χ4n) is 3.15. The molecule has 156 valence electrons. The molecule has 2 unspecified atom stereocenters. The van der Waals surface area contributed by atoms with Gasteiger partial charge in [-0.3, -0.25) is 9.10 Å². The summed E-state index contributed by atoms with van der Waals surface area (Å²) in [5.41, 5.74) is 1.01. The summed E-state index contributed by atoms with van der Waals surface area (Å²) in [5, 5.41) is 2.78. The highest BCUT2D eigenvalue weighted by atomic mass is 32.2. The number of sulfonamides is 1. The van der Waals surface area contributed by atoms with Crippen LogP contribution in [0.2, 0.25) is 0 Å². The molecule has 3 rings (SSSR count). The Morgan fingerprint density at radius 3 is 2.31 bits per heavy atom. The first-order valence-corrected chi connectivity index (χ1v) is 11.0. The molecule has 0 fully saturated rings. The summed E-state index contributed by atoms with van der Waals surface area (Å²) in [4.78, 5) is 12.8. The van der Waals surface area contributed by atoms with E-state index in [1.807, 2.05) is 0 Å². The summed E-state index contributed by atoms with van der Waals surface area (Å²) in [5.74, 6) is 0.0924. The summed E-state index contributed by atoms with van der Waals surface area (Å²) in [6.45, 7) is 4.03. The highest BCUT2D eigenvalue weighted by molar-refractivity contribution is 7.92. The van der Waals surface area contributed by atoms with Crippen molar-refractivity contribution >= 4 is 21.6 Å². The number of anilines is 1. The highest BCUT2D eigenvalue weighted by Crippen LogP contribution is 2.35. The molecule has 29 heavy (non-hydrogen) atoms. The van der Waals surface area contributed by atoms with Crippen molar-refractivity contribution in [1.29, 1.82) is 0 Å². The lowest BCUT2D eigenvalue weighted by atomic mass is 10.1. The Bertz CT molecular complexity index is 994. The van der Waals surface area contributed by atoms with Gasteiger partial charge in [-0.1, -0.05) is 12.1 Å². The molecule has 0 aliphatic carbocycles. The number of benzene rings is 2. The van der Waals surface area contributed by atoms with Crippen molar-refractivity contribution in [3.8, 4) is 11.5 Å². The van der Waals surface area contributed by atoms with Crippen molar-refractivity contribution < 1.29 is 27.1 Å². The minimum Gasteiger partial charge on any atom is -0.486 e. The molecule has 9 heteroatoms. The van der Waals surface area contributed by atoms with E-state index in [1.54, 1.807) is 37.3 Å². The molecule has 7 nitrogen and oxygen atoms in total. The third kappa shape index (κ3) is 4.79. The SMILES string of the molecule is CC(NC(=O)C(C)N(c1ccc2c(c1)OCCO2)S(C)(=O)=O)c1ccc(F)cc1. The standard InChI is InChI=1S/C20H23FN2O5S/c1-13(15-4-6-16(21)7-5-15)22-20(24)14(2)23(29(3,25)26)17-8-9-18-19(12-17)28-11-10-27-18/h4-9,12-14H,10-11H2,1-3H3,(H,22,24). The van der Waals surface area contributed by atoms with Gasteiger partial charge in [0.2, 0.25) is 15.9 Å². The fourth-order valence-corrected chi connectivity index (χ4v) is 4.31. The minimum absolute atomic E-state index is 0.300. The van der Waals surface area contributed by atoms with Crippen LogP contribution in [0.3, 0.4) is 0 Å². The van der Waals surface area contributed by atoms with Crippen LogP contribution < -0.4 is 19.1 Å². The third-order valence-corrected chi connectivity index (χ3v) is 5.84. The van der Waals surface area contributed by atoms with Crippen molar-refractivity contribution in [2.24, 2.45) is 0 Å². The molecule has 2 aromatic rings. The predicted octanol–water partition coefficient (Wildman–Crippen LogP) is 2.63. The average molecular weight is 422 g/mol. The van der Waals surface area contributed by atoms with Crippen molar-refractivity contribution in [2.75, 3.05) is 23.8 Å². The van der Waals surface area contributed by atoms with Gasteiger partial charge < -0.3 is 14.8 Å². The first kappa shape index (κ1) is 20.9. The van der Waals surface area contributed by atoms with Gasteiger partial charge in [0.05, 0.1) is 18.0 Å². The number of carbonyl (C=O) groups is 1. The monoisotopic (exact) mass is 422 g/mol. The molecule has 0 bridgehead atoms. The number of amides is 1. The lowest BCUT2D eigenvalue weighted by Gasteiger charge is -2.30. The van der Waals surface area contributed by atoms with Crippen molar-refractivity contribution in [3.63, 3.8) is 0 Å². The zero-order chi connectivity index (χ0) is 21.2. The molecule has 1 aliphatic rings. The number of carbonyl (C=O) groups excluding carboxylic acids is 1. The molecule has 1 aliphatic heterocycles. The van der Waals surface area contributed by atoms with Gasteiger partial charge in [-0.2, -0.15) is 0 Å². The van der Waals surface area contributed by atoms with Crippen molar-refractivity contribution in [3.05, 3.63) is 53.8 Å². The normalized spacial score (nSPS) is 15.3. The van der Waals surface area contributed by atoms with Gasteiger partial charge in [0.1, 0.15) is 25.1 Å². The zero-order valence-corrected chi connectivity index (χ0v) is 17.2. The summed E-state index contributed by atoms with van der Waals surface area (Å²) >= 11 is 0. The second-order valence-electron chi connectivity index (χ2n) is 6.84. The van der Waals surface area contributed by atoms with Crippen LogP contribution in [-0.4, -0.2) is 39.8 Å². The quantitative estimate of drug-likeness (QED) is 0.774. The number of rotatable bonds is 6. The van der Waals surface area contributed by atoms with Crippen LogP contribution in [-0.2, 0) is 14.8 Å². The van der Waals surface area contributed by atoms with Crippen LogP contribution >= 0.6 is 0 Å². The molecule has 1 amide bonds. The Hall–Kier alpha value is -2.81. The van der Waals surface area contributed by atoms with E-state index in [0.717, 1.165) is 10.6 Å². The van der Waals surface area contributed by atoms with E-state index in [-0.39, 0.29) is 5.82 Å². The van der Waals surface area contributed by atoms with Gasteiger partial charge in [0, 0.05) is 6.07 Å². The van der Waals surface area contributed by atoms with E-state index in [1.165, 1.54) is 19.1 Å². The number of halogens is 1. The lowest BCUT2D eigenvalue weighted by Crippen LogP contribution is -2.48. The maximum atomic E-state index is 13.1. The van der Waals surface area contributed by atoms with Crippen LogP contribution in [0.5, 0.6) is 11.5 Å². The molecule has 2 atom stereocenters. The van der Waals surface area contributed by atoms with Crippen LogP contribution in [0.15, 0.2) is 42.5 Å². The topological polar surface area (TPSA) is 84.9 Å². The minimum atomic E-state index is -3.77. The molecule has 0 aromatic heterocycles. The average Bonchev–Trinajstić information content (AvgIpc) is 2.67. The van der Waals surface area contributed by atoms with E-state index in [0.29, 0.717) is 36.0 Å². The smallest absolute Gasteiger partial charge is 0.244 e. The summed E-state index contributed by atoms with van der Waals surface area (Å²) in [6, 6.07) is 9.04. The number of fused-ring (bicyclic) bond motifs is 1. The van der Waals surface area contributed by atoms with Gasteiger partial charge >= 0.3 is 0 Å². The lowest BCUT2D eigenvalue weighted by molar-refractivity contribution is -0.122. The number of hydrogen-bond donors (Lipinski definition) is 1. The molecular weight excluding hydrogens is 399 g/mol. The summed E-state index contributed by atoms with van der Waals surface area (Å²) < 4.78 is 50.1. The molecule has 0 saturated carbocycles.